The lowest BCUT2D eigenvalue weighted by molar-refractivity contribution is -0.132. The van der Waals surface area contributed by atoms with Gasteiger partial charge in [-0.3, -0.25) is 9.69 Å². The molecule has 0 radical (unpaired) electrons. The van der Waals surface area contributed by atoms with Gasteiger partial charge in [-0.25, -0.2) is 4.39 Å². The van der Waals surface area contributed by atoms with Gasteiger partial charge in [-0.05, 0) is 61.5 Å². The number of nitrogens with zero attached hydrogens (tertiary/aromatic N) is 4. The maximum absolute atomic E-state index is 13.4. The lowest BCUT2D eigenvalue weighted by atomic mass is 9.87. The van der Waals surface area contributed by atoms with Gasteiger partial charge in [-0.15, -0.1) is 5.10 Å². The molecular formula is C21H27FN4OS. The first-order valence-corrected chi connectivity index (χ1v) is 10.9. The van der Waals surface area contributed by atoms with Crippen molar-refractivity contribution in [3.8, 4) is 0 Å². The summed E-state index contributed by atoms with van der Waals surface area (Å²) in [5.41, 5.74) is 1.98. The summed E-state index contributed by atoms with van der Waals surface area (Å²) in [5.74, 6) is 0.784. The van der Waals surface area contributed by atoms with E-state index in [0.717, 1.165) is 24.2 Å². The Balaban J connectivity index is 1.51. The van der Waals surface area contributed by atoms with Crippen LogP contribution in [-0.4, -0.2) is 57.5 Å². The standard InChI is InChI=1S/C21H27FN4OS/c1-14-4-3-9-25(15(14)2)12-21(27)26-10-18(16-5-7-17(22)8-6-16)19(11-26)20-13-28-24-23-20/h5-8,13-15,18-19H,3-4,9-12H2,1-2H3/t14?,15?,18-,19+/m0/s1. The van der Waals surface area contributed by atoms with Crippen LogP contribution in [0, 0.1) is 11.7 Å². The molecule has 4 rings (SSSR count). The van der Waals surface area contributed by atoms with Crippen molar-refractivity contribution in [2.24, 2.45) is 5.92 Å². The Morgan fingerprint density at radius 1 is 1.21 bits per heavy atom. The molecule has 3 heterocycles. The maximum atomic E-state index is 13.4. The largest absolute Gasteiger partial charge is 0.340 e. The number of carbonyl (C=O) groups excluding carboxylic acids is 1. The molecule has 5 nitrogen and oxygen atoms in total. The third-order valence-corrected chi connectivity index (χ3v) is 7.09. The summed E-state index contributed by atoms with van der Waals surface area (Å²) >= 11 is 1.33. The van der Waals surface area contributed by atoms with E-state index in [1.165, 1.54) is 30.1 Å². The minimum Gasteiger partial charge on any atom is -0.340 e. The summed E-state index contributed by atoms with van der Waals surface area (Å²) in [5, 5.41) is 6.23. The van der Waals surface area contributed by atoms with E-state index >= 15 is 0 Å². The van der Waals surface area contributed by atoms with Crippen LogP contribution in [0.25, 0.3) is 0 Å². The number of benzene rings is 1. The van der Waals surface area contributed by atoms with Gasteiger partial charge in [0.2, 0.25) is 5.91 Å². The van der Waals surface area contributed by atoms with Gasteiger partial charge in [0.1, 0.15) is 5.82 Å². The molecule has 0 bridgehead atoms. The van der Waals surface area contributed by atoms with Crippen LogP contribution in [0.3, 0.4) is 0 Å². The predicted molar refractivity (Wildman–Crippen MR) is 108 cm³/mol. The number of aromatic nitrogens is 2. The van der Waals surface area contributed by atoms with Gasteiger partial charge in [-0.2, -0.15) is 0 Å². The summed E-state index contributed by atoms with van der Waals surface area (Å²) in [6.07, 6.45) is 2.39. The van der Waals surface area contributed by atoms with Crippen molar-refractivity contribution >= 4 is 17.4 Å². The lowest BCUT2D eigenvalue weighted by Gasteiger charge is -2.38. The van der Waals surface area contributed by atoms with Gasteiger partial charge < -0.3 is 4.90 Å². The summed E-state index contributed by atoms with van der Waals surface area (Å²) < 4.78 is 17.4. The van der Waals surface area contributed by atoms with Crippen LogP contribution in [0.15, 0.2) is 29.6 Å². The number of piperidine rings is 1. The van der Waals surface area contributed by atoms with E-state index in [-0.39, 0.29) is 23.6 Å². The topological polar surface area (TPSA) is 49.3 Å². The molecule has 7 heteroatoms. The number of hydrogen-bond acceptors (Lipinski definition) is 5. The first-order valence-electron chi connectivity index (χ1n) is 10.1. The predicted octanol–water partition coefficient (Wildman–Crippen LogP) is 3.51. The Labute approximate surface area is 169 Å². The van der Waals surface area contributed by atoms with Gasteiger partial charge in [0.25, 0.3) is 0 Å². The normalized spacial score (nSPS) is 28.6. The zero-order valence-electron chi connectivity index (χ0n) is 16.4. The van der Waals surface area contributed by atoms with E-state index in [2.05, 4.69) is 28.3 Å². The highest BCUT2D eigenvalue weighted by Gasteiger charge is 2.39. The van der Waals surface area contributed by atoms with Crippen molar-refractivity contribution < 1.29 is 9.18 Å². The molecule has 2 saturated heterocycles. The molecule has 0 N–H and O–H groups in total. The molecule has 0 saturated carbocycles. The monoisotopic (exact) mass is 402 g/mol. The number of likely N-dealkylation sites (tertiary alicyclic amines) is 2. The fraction of sp³-hybridized carbons (Fsp3) is 0.571. The molecule has 2 aliphatic rings. The van der Waals surface area contributed by atoms with Crippen LogP contribution < -0.4 is 0 Å². The van der Waals surface area contributed by atoms with Crippen molar-refractivity contribution in [2.75, 3.05) is 26.2 Å². The average Bonchev–Trinajstić information content (AvgIpc) is 3.35. The van der Waals surface area contributed by atoms with E-state index in [9.17, 15) is 9.18 Å². The highest BCUT2D eigenvalue weighted by Crippen LogP contribution is 2.39. The second kappa shape index (κ2) is 8.25. The zero-order chi connectivity index (χ0) is 19.7. The fourth-order valence-corrected chi connectivity index (χ4v) is 5.12. The number of carbonyl (C=O) groups is 1. The Hall–Kier alpha value is -1.86. The second-order valence-electron chi connectivity index (χ2n) is 8.22. The molecule has 1 amide bonds. The van der Waals surface area contributed by atoms with Crippen molar-refractivity contribution in [1.82, 2.24) is 19.4 Å². The van der Waals surface area contributed by atoms with E-state index in [1.54, 1.807) is 0 Å². The van der Waals surface area contributed by atoms with E-state index < -0.39 is 0 Å². The Morgan fingerprint density at radius 3 is 2.68 bits per heavy atom. The number of hydrogen-bond donors (Lipinski definition) is 0. The van der Waals surface area contributed by atoms with Crippen molar-refractivity contribution in [3.63, 3.8) is 0 Å². The minimum absolute atomic E-state index is 0.103. The lowest BCUT2D eigenvalue weighted by Crippen LogP contribution is -2.48. The van der Waals surface area contributed by atoms with Crippen molar-refractivity contribution in [1.29, 1.82) is 0 Å². The second-order valence-corrected chi connectivity index (χ2v) is 8.83. The Kier molecular flexibility index (Phi) is 5.73. The van der Waals surface area contributed by atoms with Crippen LogP contribution in [0.2, 0.25) is 0 Å². The Bertz CT molecular complexity index is 797. The first kappa shape index (κ1) is 19.5. The average molecular weight is 403 g/mol. The molecule has 1 aromatic carbocycles. The molecule has 2 aliphatic heterocycles. The first-order chi connectivity index (χ1) is 13.5. The molecule has 0 spiro atoms. The highest BCUT2D eigenvalue weighted by atomic mass is 32.1. The van der Waals surface area contributed by atoms with Crippen molar-refractivity contribution in [3.05, 3.63) is 46.7 Å². The van der Waals surface area contributed by atoms with Crippen LogP contribution in [0.5, 0.6) is 0 Å². The van der Waals surface area contributed by atoms with Crippen LogP contribution in [0.4, 0.5) is 4.39 Å². The van der Waals surface area contributed by atoms with E-state index in [4.69, 9.17) is 0 Å². The third-order valence-electron chi connectivity index (χ3n) is 6.57. The molecule has 2 fully saturated rings. The number of halogens is 1. The van der Waals surface area contributed by atoms with Crippen LogP contribution in [0.1, 0.15) is 49.8 Å². The highest BCUT2D eigenvalue weighted by molar-refractivity contribution is 7.03. The Morgan fingerprint density at radius 2 is 1.96 bits per heavy atom. The third kappa shape index (κ3) is 3.96. The summed E-state index contributed by atoms with van der Waals surface area (Å²) in [6.45, 7) is 7.25. The van der Waals surface area contributed by atoms with Crippen molar-refractivity contribution in [2.45, 2.75) is 44.6 Å². The van der Waals surface area contributed by atoms with Gasteiger partial charge >= 0.3 is 0 Å². The van der Waals surface area contributed by atoms with Crippen LogP contribution >= 0.6 is 11.5 Å². The quantitative estimate of drug-likeness (QED) is 0.785. The van der Waals surface area contributed by atoms with Gasteiger partial charge in [0, 0.05) is 36.3 Å². The molecular weight excluding hydrogens is 375 g/mol. The number of rotatable bonds is 4. The SMILES string of the molecule is CC1CCCN(CC(=O)N2C[C@@H](c3ccc(F)cc3)[C@H](c3csnn3)C2)C1C. The van der Waals surface area contributed by atoms with Crippen LogP contribution in [-0.2, 0) is 4.79 Å². The fourth-order valence-electron chi connectivity index (χ4n) is 4.61. The molecule has 150 valence electrons. The molecule has 2 unspecified atom stereocenters. The summed E-state index contributed by atoms with van der Waals surface area (Å²) in [6, 6.07) is 7.08. The minimum atomic E-state index is -0.241. The van der Waals surface area contributed by atoms with Gasteiger partial charge in [-0.1, -0.05) is 23.5 Å². The molecule has 0 aliphatic carbocycles. The molecule has 4 atom stereocenters. The smallest absolute Gasteiger partial charge is 0.236 e. The summed E-state index contributed by atoms with van der Waals surface area (Å²) in [7, 11) is 0. The van der Waals surface area contributed by atoms with E-state index in [0.29, 0.717) is 31.6 Å². The van der Waals surface area contributed by atoms with Gasteiger partial charge in [0.05, 0.1) is 12.2 Å². The molecule has 28 heavy (non-hydrogen) atoms. The molecule has 1 aromatic heterocycles. The molecule has 2 aromatic rings. The summed E-state index contributed by atoms with van der Waals surface area (Å²) in [4.78, 5) is 17.4. The number of amides is 1. The van der Waals surface area contributed by atoms with Gasteiger partial charge in [0.15, 0.2) is 0 Å². The zero-order valence-corrected chi connectivity index (χ0v) is 17.2. The van der Waals surface area contributed by atoms with E-state index in [1.807, 2.05) is 22.4 Å². The maximum Gasteiger partial charge on any atom is 0.236 e.